The summed E-state index contributed by atoms with van der Waals surface area (Å²) in [5.41, 5.74) is -1.94. The molecule has 0 saturated heterocycles. The van der Waals surface area contributed by atoms with Gasteiger partial charge in [0.1, 0.15) is 0 Å². The second kappa shape index (κ2) is 6.37. The largest absolute Gasteiger partial charge is 0.440 e. The number of nitrogens with one attached hydrogen (secondary N) is 1. The molecule has 0 saturated carbocycles. The van der Waals surface area contributed by atoms with E-state index in [-0.39, 0.29) is 13.2 Å². The van der Waals surface area contributed by atoms with Gasteiger partial charge in [-0.25, -0.2) is 0 Å². The van der Waals surface area contributed by atoms with Crippen molar-refractivity contribution < 1.29 is 26.8 Å². The minimum absolute atomic E-state index is 0.139. The highest BCUT2D eigenvalue weighted by Gasteiger charge is 2.49. The molecule has 0 atom stereocenters. The molecular formula is C8H15F3NO3P. The standard InChI is InChI=1S/C8H15F3NO3P/c1-3-5-14-16(13,15-6-4-2)7(12)8(9,10)11/h12H,3-6H2,1-2H3. The average molecular weight is 261 g/mol. The third-order valence-corrected chi connectivity index (χ3v) is 3.32. The highest BCUT2D eigenvalue weighted by atomic mass is 31.2. The first kappa shape index (κ1) is 15.6. The molecule has 0 aromatic rings. The van der Waals surface area contributed by atoms with Gasteiger partial charge in [0.2, 0.25) is 5.45 Å². The first-order valence-corrected chi connectivity index (χ1v) is 6.37. The van der Waals surface area contributed by atoms with Crippen molar-refractivity contribution in [2.75, 3.05) is 13.2 Å². The van der Waals surface area contributed by atoms with Crippen LogP contribution < -0.4 is 0 Å². The van der Waals surface area contributed by atoms with Crippen molar-refractivity contribution in [3.05, 3.63) is 0 Å². The number of halogens is 3. The van der Waals surface area contributed by atoms with E-state index >= 15 is 0 Å². The molecule has 0 rings (SSSR count). The summed E-state index contributed by atoms with van der Waals surface area (Å²) in [6.45, 7) is 3.03. The van der Waals surface area contributed by atoms with Gasteiger partial charge in [-0.3, -0.25) is 9.97 Å². The second-order valence-electron chi connectivity index (χ2n) is 3.01. The van der Waals surface area contributed by atoms with Crippen LogP contribution in [0.5, 0.6) is 0 Å². The van der Waals surface area contributed by atoms with Gasteiger partial charge in [-0.15, -0.1) is 0 Å². The van der Waals surface area contributed by atoms with E-state index < -0.39 is 19.2 Å². The highest BCUT2D eigenvalue weighted by molar-refractivity contribution is 7.72. The molecule has 0 aliphatic rings. The maximum Gasteiger partial charge on any atom is 0.440 e. The van der Waals surface area contributed by atoms with E-state index in [0.717, 1.165) is 0 Å². The summed E-state index contributed by atoms with van der Waals surface area (Å²) in [7, 11) is -4.51. The zero-order chi connectivity index (χ0) is 12.8. The van der Waals surface area contributed by atoms with E-state index in [1.165, 1.54) is 0 Å². The molecule has 0 radical (unpaired) electrons. The van der Waals surface area contributed by atoms with Gasteiger partial charge in [0.15, 0.2) is 0 Å². The van der Waals surface area contributed by atoms with E-state index in [9.17, 15) is 17.7 Å². The second-order valence-corrected chi connectivity index (χ2v) is 4.97. The molecule has 0 aromatic heterocycles. The molecule has 8 heteroatoms. The lowest BCUT2D eigenvalue weighted by Crippen LogP contribution is -2.24. The Morgan fingerprint density at radius 1 is 1.19 bits per heavy atom. The van der Waals surface area contributed by atoms with Crippen LogP contribution in [0, 0.1) is 5.41 Å². The molecule has 0 aromatic carbocycles. The van der Waals surface area contributed by atoms with Crippen LogP contribution >= 0.6 is 7.60 Å². The molecule has 1 N–H and O–H groups in total. The van der Waals surface area contributed by atoms with Crippen LogP contribution in [-0.2, 0) is 13.6 Å². The van der Waals surface area contributed by atoms with Gasteiger partial charge in [-0.2, -0.15) is 13.2 Å². The number of hydrogen-bond donors (Lipinski definition) is 1. The Labute approximate surface area is 92.2 Å². The fourth-order valence-electron chi connectivity index (χ4n) is 0.745. The fourth-order valence-corrected chi connectivity index (χ4v) is 2.23. The minimum atomic E-state index is -4.99. The molecule has 0 heterocycles. The van der Waals surface area contributed by atoms with Crippen molar-refractivity contribution >= 4 is 13.0 Å². The summed E-state index contributed by atoms with van der Waals surface area (Å²) < 4.78 is 57.5. The summed E-state index contributed by atoms with van der Waals surface area (Å²) in [4.78, 5) is 0. The number of hydrogen-bond acceptors (Lipinski definition) is 4. The maximum absolute atomic E-state index is 12.2. The van der Waals surface area contributed by atoms with E-state index in [4.69, 9.17) is 5.41 Å². The van der Waals surface area contributed by atoms with E-state index in [0.29, 0.717) is 12.8 Å². The molecule has 96 valence electrons. The molecule has 0 fully saturated rings. The molecule has 0 spiro atoms. The summed E-state index contributed by atoms with van der Waals surface area (Å²) >= 11 is 0. The molecule has 0 aliphatic carbocycles. The van der Waals surface area contributed by atoms with Gasteiger partial charge in [0.25, 0.3) is 0 Å². The monoisotopic (exact) mass is 261 g/mol. The Morgan fingerprint density at radius 3 is 1.81 bits per heavy atom. The minimum Gasteiger partial charge on any atom is -0.304 e. The highest BCUT2D eigenvalue weighted by Crippen LogP contribution is 2.53. The van der Waals surface area contributed by atoms with Crippen LogP contribution in [0.25, 0.3) is 0 Å². The normalized spacial score (nSPS) is 12.8. The molecule has 0 aliphatic heterocycles. The summed E-state index contributed by atoms with van der Waals surface area (Å²) in [6.07, 6.45) is -4.20. The predicted molar refractivity (Wildman–Crippen MR) is 53.9 cm³/mol. The number of alkyl halides is 3. The lowest BCUT2D eigenvalue weighted by molar-refractivity contribution is -0.0580. The van der Waals surface area contributed by atoms with Crippen LogP contribution in [0.2, 0.25) is 0 Å². The van der Waals surface area contributed by atoms with Gasteiger partial charge < -0.3 is 9.05 Å². The van der Waals surface area contributed by atoms with E-state index in [1.54, 1.807) is 13.8 Å². The first-order valence-electron chi connectivity index (χ1n) is 4.83. The summed E-state index contributed by atoms with van der Waals surface area (Å²) in [5.74, 6) is 0. The predicted octanol–water partition coefficient (Wildman–Crippen LogP) is 3.57. The maximum atomic E-state index is 12.2. The van der Waals surface area contributed by atoms with Crippen molar-refractivity contribution in [3.63, 3.8) is 0 Å². The van der Waals surface area contributed by atoms with Gasteiger partial charge in [-0.1, -0.05) is 13.8 Å². The molecule has 0 bridgehead atoms. The third kappa shape index (κ3) is 4.63. The fraction of sp³-hybridized carbons (Fsp3) is 0.875. The van der Waals surface area contributed by atoms with Crippen LogP contribution in [0.1, 0.15) is 26.7 Å². The average Bonchev–Trinajstić information content (AvgIpc) is 2.21. The Kier molecular flexibility index (Phi) is 6.22. The van der Waals surface area contributed by atoms with E-state index in [1.807, 2.05) is 0 Å². The first-order chi connectivity index (χ1) is 7.28. The zero-order valence-electron chi connectivity index (χ0n) is 9.13. The lowest BCUT2D eigenvalue weighted by Gasteiger charge is -2.19. The number of rotatable bonds is 7. The van der Waals surface area contributed by atoms with Gasteiger partial charge >= 0.3 is 13.8 Å². The Balaban J connectivity index is 4.78. The molecule has 0 amide bonds. The van der Waals surface area contributed by atoms with Gasteiger partial charge in [-0.05, 0) is 12.8 Å². The van der Waals surface area contributed by atoms with Crippen LogP contribution in [0.3, 0.4) is 0 Å². The topological polar surface area (TPSA) is 59.4 Å². The summed E-state index contributed by atoms with van der Waals surface area (Å²) in [6, 6.07) is 0. The van der Waals surface area contributed by atoms with Crippen LogP contribution in [0.15, 0.2) is 0 Å². The molecule has 0 unspecified atom stereocenters. The van der Waals surface area contributed by atoms with Crippen LogP contribution in [-0.4, -0.2) is 24.8 Å². The molecule has 16 heavy (non-hydrogen) atoms. The van der Waals surface area contributed by atoms with Crippen molar-refractivity contribution in [1.82, 2.24) is 0 Å². The lowest BCUT2D eigenvalue weighted by atomic mass is 10.5. The van der Waals surface area contributed by atoms with Crippen LogP contribution in [0.4, 0.5) is 13.2 Å². The van der Waals surface area contributed by atoms with E-state index in [2.05, 4.69) is 9.05 Å². The zero-order valence-corrected chi connectivity index (χ0v) is 10.0. The van der Waals surface area contributed by atoms with Gasteiger partial charge in [0.05, 0.1) is 13.2 Å². The van der Waals surface area contributed by atoms with Crippen molar-refractivity contribution in [1.29, 1.82) is 5.41 Å². The molecular weight excluding hydrogens is 246 g/mol. The Bertz CT molecular complexity index is 268. The quantitative estimate of drug-likeness (QED) is 0.563. The molecule has 4 nitrogen and oxygen atoms in total. The van der Waals surface area contributed by atoms with Crippen molar-refractivity contribution in [3.8, 4) is 0 Å². The summed E-state index contributed by atoms with van der Waals surface area (Å²) in [5, 5.41) is 6.81. The third-order valence-electron chi connectivity index (χ3n) is 1.47. The Morgan fingerprint density at radius 2 is 1.56 bits per heavy atom. The van der Waals surface area contributed by atoms with Gasteiger partial charge in [0, 0.05) is 0 Å². The van der Waals surface area contributed by atoms with Crippen molar-refractivity contribution in [2.45, 2.75) is 32.9 Å². The SMILES string of the molecule is CCCOP(=O)(OCCC)C(=N)C(F)(F)F. The smallest absolute Gasteiger partial charge is 0.304 e. The Hall–Kier alpha value is -0.390. The van der Waals surface area contributed by atoms with Crippen molar-refractivity contribution in [2.24, 2.45) is 0 Å².